The molecule has 0 aromatic rings. The molecule has 1 saturated carbocycles. The van der Waals surface area contributed by atoms with Crippen molar-refractivity contribution in [2.45, 2.75) is 64.3 Å². The van der Waals surface area contributed by atoms with Gasteiger partial charge in [-0.25, -0.2) is 0 Å². The fourth-order valence-corrected chi connectivity index (χ4v) is 4.29. The summed E-state index contributed by atoms with van der Waals surface area (Å²) in [6, 6.07) is 0.407. The molecule has 4 heteroatoms. The highest BCUT2D eigenvalue weighted by atomic mass is 16.2. The number of carbonyl (C=O) groups excluding carboxylic acids is 2. The molecule has 21 heavy (non-hydrogen) atoms. The first-order valence-corrected chi connectivity index (χ1v) is 8.73. The number of nitrogens with zero attached hydrogens (tertiary/aromatic N) is 2. The van der Waals surface area contributed by atoms with Crippen molar-refractivity contribution in [1.29, 1.82) is 0 Å². The molecule has 4 nitrogen and oxygen atoms in total. The van der Waals surface area contributed by atoms with Crippen LogP contribution >= 0.6 is 0 Å². The van der Waals surface area contributed by atoms with Crippen molar-refractivity contribution in [1.82, 2.24) is 9.80 Å². The van der Waals surface area contributed by atoms with E-state index in [1.807, 2.05) is 9.80 Å². The largest absolute Gasteiger partial charge is 0.342 e. The molecule has 3 fully saturated rings. The van der Waals surface area contributed by atoms with Crippen molar-refractivity contribution in [3.05, 3.63) is 0 Å². The molecule has 0 spiro atoms. The fourth-order valence-electron chi connectivity index (χ4n) is 4.29. The third-order valence-electron chi connectivity index (χ3n) is 5.49. The van der Waals surface area contributed by atoms with Crippen LogP contribution in [0.2, 0.25) is 0 Å². The van der Waals surface area contributed by atoms with E-state index in [4.69, 9.17) is 0 Å². The Kier molecular flexibility index (Phi) is 4.51. The van der Waals surface area contributed by atoms with Gasteiger partial charge in [-0.2, -0.15) is 0 Å². The zero-order valence-corrected chi connectivity index (χ0v) is 13.2. The van der Waals surface area contributed by atoms with Crippen molar-refractivity contribution >= 4 is 11.8 Å². The Bertz CT molecular complexity index is 404. The fraction of sp³-hybridized carbons (Fsp3) is 0.882. The van der Waals surface area contributed by atoms with E-state index in [9.17, 15) is 9.59 Å². The molecule has 3 aliphatic rings. The lowest BCUT2D eigenvalue weighted by Gasteiger charge is -2.34. The summed E-state index contributed by atoms with van der Waals surface area (Å²) in [4.78, 5) is 29.0. The van der Waals surface area contributed by atoms with Crippen LogP contribution in [0.5, 0.6) is 0 Å². The molecule has 2 unspecified atom stereocenters. The molecule has 2 aliphatic heterocycles. The summed E-state index contributed by atoms with van der Waals surface area (Å²) >= 11 is 0. The highest BCUT2D eigenvalue weighted by Crippen LogP contribution is 2.30. The SMILES string of the molecule is CC1CCCN(C(=O)C2CC(=O)N(C3CCCCC3)C2)C1. The zero-order chi connectivity index (χ0) is 14.8. The quantitative estimate of drug-likeness (QED) is 0.784. The molecule has 0 bridgehead atoms. The summed E-state index contributed by atoms with van der Waals surface area (Å²) in [6.45, 7) is 4.66. The summed E-state index contributed by atoms with van der Waals surface area (Å²) in [7, 11) is 0. The third-order valence-corrected chi connectivity index (χ3v) is 5.49. The second-order valence-corrected chi connectivity index (χ2v) is 7.27. The second-order valence-electron chi connectivity index (χ2n) is 7.27. The molecule has 0 aromatic carbocycles. The molecule has 0 aromatic heterocycles. The lowest BCUT2D eigenvalue weighted by molar-refractivity contribution is -0.137. The molecule has 2 saturated heterocycles. The zero-order valence-electron chi connectivity index (χ0n) is 13.2. The van der Waals surface area contributed by atoms with Gasteiger partial charge >= 0.3 is 0 Å². The number of hydrogen-bond donors (Lipinski definition) is 0. The van der Waals surface area contributed by atoms with Crippen molar-refractivity contribution < 1.29 is 9.59 Å². The van der Waals surface area contributed by atoms with Gasteiger partial charge in [0.15, 0.2) is 0 Å². The minimum absolute atomic E-state index is 0.0790. The van der Waals surface area contributed by atoms with Crippen molar-refractivity contribution in [2.75, 3.05) is 19.6 Å². The average molecular weight is 292 g/mol. The molecule has 1 aliphatic carbocycles. The van der Waals surface area contributed by atoms with Gasteiger partial charge in [0, 0.05) is 32.1 Å². The summed E-state index contributed by atoms with van der Waals surface area (Å²) in [5.74, 6) is 0.970. The molecule has 118 valence electrons. The normalized spacial score (nSPS) is 31.8. The molecule has 0 radical (unpaired) electrons. The van der Waals surface area contributed by atoms with E-state index in [0.29, 0.717) is 24.9 Å². The molecule has 2 heterocycles. The standard InChI is InChI=1S/C17H28N2O2/c1-13-6-5-9-18(11-13)17(21)14-10-16(20)19(12-14)15-7-3-2-4-8-15/h13-15H,2-12H2,1H3. The van der Waals surface area contributed by atoms with Crippen LogP contribution in [-0.4, -0.2) is 47.3 Å². The maximum atomic E-state index is 12.7. The van der Waals surface area contributed by atoms with Gasteiger partial charge in [0.25, 0.3) is 0 Å². The number of amides is 2. The van der Waals surface area contributed by atoms with Crippen LogP contribution in [0.25, 0.3) is 0 Å². The number of likely N-dealkylation sites (tertiary alicyclic amines) is 2. The minimum Gasteiger partial charge on any atom is -0.342 e. The second kappa shape index (κ2) is 6.37. The predicted octanol–water partition coefficient (Wildman–Crippen LogP) is 2.43. The summed E-state index contributed by atoms with van der Waals surface area (Å²) in [5.41, 5.74) is 0. The van der Waals surface area contributed by atoms with Gasteiger partial charge in [0.1, 0.15) is 0 Å². The Morgan fingerprint density at radius 2 is 1.81 bits per heavy atom. The van der Waals surface area contributed by atoms with Crippen LogP contribution in [0.1, 0.15) is 58.3 Å². The Morgan fingerprint density at radius 1 is 1.05 bits per heavy atom. The Balaban J connectivity index is 1.59. The number of carbonyl (C=O) groups is 2. The first kappa shape index (κ1) is 14.9. The van der Waals surface area contributed by atoms with Gasteiger partial charge in [-0.15, -0.1) is 0 Å². The van der Waals surface area contributed by atoms with Crippen LogP contribution < -0.4 is 0 Å². The van der Waals surface area contributed by atoms with Crippen LogP contribution in [-0.2, 0) is 9.59 Å². The van der Waals surface area contributed by atoms with Gasteiger partial charge < -0.3 is 9.80 Å². The minimum atomic E-state index is -0.0790. The maximum Gasteiger partial charge on any atom is 0.228 e. The van der Waals surface area contributed by atoms with Gasteiger partial charge in [-0.05, 0) is 31.6 Å². The van der Waals surface area contributed by atoms with Crippen LogP contribution in [0.3, 0.4) is 0 Å². The first-order chi connectivity index (χ1) is 10.1. The molecule has 2 amide bonds. The topological polar surface area (TPSA) is 40.6 Å². The smallest absolute Gasteiger partial charge is 0.228 e. The number of piperidine rings is 1. The molecule has 0 N–H and O–H groups in total. The van der Waals surface area contributed by atoms with Gasteiger partial charge in [-0.3, -0.25) is 9.59 Å². The van der Waals surface area contributed by atoms with Crippen molar-refractivity contribution in [2.24, 2.45) is 11.8 Å². The molecular formula is C17H28N2O2. The lowest BCUT2D eigenvalue weighted by atomic mass is 9.94. The van der Waals surface area contributed by atoms with Crippen LogP contribution in [0.15, 0.2) is 0 Å². The first-order valence-electron chi connectivity index (χ1n) is 8.73. The summed E-state index contributed by atoms with van der Waals surface area (Å²) in [5, 5.41) is 0. The lowest BCUT2D eigenvalue weighted by Crippen LogP contribution is -2.44. The van der Waals surface area contributed by atoms with Gasteiger partial charge in [0.05, 0.1) is 5.92 Å². The maximum absolute atomic E-state index is 12.7. The summed E-state index contributed by atoms with van der Waals surface area (Å²) in [6.07, 6.45) is 8.81. The highest BCUT2D eigenvalue weighted by Gasteiger charge is 2.40. The van der Waals surface area contributed by atoms with E-state index in [-0.39, 0.29) is 17.7 Å². The van der Waals surface area contributed by atoms with E-state index < -0.39 is 0 Å². The predicted molar refractivity (Wildman–Crippen MR) is 81.7 cm³/mol. The number of hydrogen-bond acceptors (Lipinski definition) is 2. The van der Waals surface area contributed by atoms with E-state index in [0.717, 1.165) is 32.4 Å². The Morgan fingerprint density at radius 3 is 2.52 bits per heavy atom. The van der Waals surface area contributed by atoms with E-state index in [1.54, 1.807) is 0 Å². The van der Waals surface area contributed by atoms with E-state index >= 15 is 0 Å². The number of rotatable bonds is 2. The molecular weight excluding hydrogens is 264 g/mol. The monoisotopic (exact) mass is 292 g/mol. The van der Waals surface area contributed by atoms with Crippen LogP contribution in [0, 0.1) is 11.8 Å². The van der Waals surface area contributed by atoms with Crippen molar-refractivity contribution in [3.8, 4) is 0 Å². The Labute approximate surface area is 127 Å². The van der Waals surface area contributed by atoms with Crippen LogP contribution in [0.4, 0.5) is 0 Å². The average Bonchev–Trinajstić information content (AvgIpc) is 2.89. The molecule has 3 rings (SSSR count). The highest BCUT2D eigenvalue weighted by molar-refractivity contribution is 5.89. The van der Waals surface area contributed by atoms with E-state index in [1.165, 1.54) is 25.7 Å². The van der Waals surface area contributed by atoms with E-state index in [2.05, 4.69) is 6.92 Å². The Hall–Kier alpha value is -1.06. The summed E-state index contributed by atoms with van der Waals surface area (Å²) < 4.78 is 0. The van der Waals surface area contributed by atoms with Gasteiger partial charge in [-0.1, -0.05) is 26.2 Å². The third kappa shape index (κ3) is 3.24. The van der Waals surface area contributed by atoms with Gasteiger partial charge in [0.2, 0.25) is 11.8 Å². The van der Waals surface area contributed by atoms with Crippen molar-refractivity contribution in [3.63, 3.8) is 0 Å². The molecule has 2 atom stereocenters.